The van der Waals surface area contributed by atoms with E-state index in [0.29, 0.717) is 5.13 Å². The number of thiazole rings is 1. The zero-order valence-corrected chi connectivity index (χ0v) is 12.6. The van der Waals surface area contributed by atoms with Crippen LogP contribution in [0, 0.1) is 0 Å². The maximum atomic E-state index is 12.6. The molecule has 0 unspecified atom stereocenters. The number of hydrogen-bond acceptors (Lipinski definition) is 5. The van der Waals surface area contributed by atoms with E-state index < -0.39 is 0 Å². The van der Waals surface area contributed by atoms with Crippen LogP contribution in [0.25, 0.3) is 10.2 Å². The molecule has 6 heteroatoms. The Labute approximate surface area is 127 Å². The molecule has 2 fully saturated rings. The van der Waals surface area contributed by atoms with Gasteiger partial charge in [0.2, 0.25) is 0 Å². The summed E-state index contributed by atoms with van der Waals surface area (Å²) in [5.74, 6) is 0.124. The van der Waals surface area contributed by atoms with E-state index in [0.717, 1.165) is 48.0 Å². The summed E-state index contributed by atoms with van der Waals surface area (Å²) >= 11 is 1.43. The molecule has 2 aliphatic rings. The Morgan fingerprint density at radius 2 is 2.00 bits per heavy atom. The Hall–Kier alpha value is -1.66. The molecular weight excluding hydrogens is 284 g/mol. The summed E-state index contributed by atoms with van der Waals surface area (Å²) in [5, 5.41) is 0.549. The van der Waals surface area contributed by atoms with Crippen molar-refractivity contribution in [2.24, 2.45) is 0 Å². The number of nitrogens with zero attached hydrogens (tertiary/aromatic N) is 3. The first kappa shape index (κ1) is 13.0. The summed E-state index contributed by atoms with van der Waals surface area (Å²) < 4.78 is 0.981. The summed E-state index contributed by atoms with van der Waals surface area (Å²) in [6, 6.07) is 6.45. The van der Waals surface area contributed by atoms with Crippen molar-refractivity contribution >= 4 is 32.6 Å². The van der Waals surface area contributed by atoms with E-state index >= 15 is 0 Å². The van der Waals surface area contributed by atoms with Crippen molar-refractivity contribution < 1.29 is 4.79 Å². The molecule has 0 atom stereocenters. The van der Waals surface area contributed by atoms with Crippen LogP contribution in [-0.2, 0) is 0 Å². The number of piperazine rings is 1. The molecule has 110 valence electrons. The number of benzene rings is 1. The first-order chi connectivity index (χ1) is 10.2. The minimum Gasteiger partial charge on any atom is -0.375 e. The first-order valence-corrected chi connectivity index (χ1v) is 8.22. The van der Waals surface area contributed by atoms with E-state index in [1.807, 2.05) is 23.1 Å². The van der Waals surface area contributed by atoms with Gasteiger partial charge < -0.3 is 10.6 Å². The van der Waals surface area contributed by atoms with Crippen LogP contribution in [0.15, 0.2) is 18.2 Å². The van der Waals surface area contributed by atoms with Crippen LogP contribution in [0.1, 0.15) is 23.2 Å². The van der Waals surface area contributed by atoms with Crippen molar-refractivity contribution in [2.45, 2.75) is 18.9 Å². The topological polar surface area (TPSA) is 62.5 Å². The van der Waals surface area contributed by atoms with E-state index in [1.54, 1.807) is 0 Å². The fourth-order valence-electron chi connectivity index (χ4n) is 2.99. The van der Waals surface area contributed by atoms with Crippen molar-refractivity contribution in [1.82, 2.24) is 14.8 Å². The Bertz CT molecular complexity index is 686. The summed E-state index contributed by atoms with van der Waals surface area (Å²) in [4.78, 5) is 21.3. The molecule has 1 amide bonds. The molecule has 1 aliphatic carbocycles. The molecule has 2 N–H and O–H groups in total. The summed E-state index contributed by atoms with van der Waals surface area (Å²) in [7, 11) is 0. The second-order valence-electron chi connectivity index (χ2n) is 5.79. The van der Waals surface area contributed by atoms with E-state index in [-0.39, 0.29) is 5.91 Å². The third kappa shape index (κ3) is 2.49. The summed E-state index contributed by atoms with van der Waals surface area (Å²) in [6.07, 6.45) is 2.66. The molecule has 2 heterocycles. The highest BCUT2D eigenvalue weighted by Crippen LogP contribution is 2.28. The molecule has 21 heavy (non-hydrogen) atoms. The zero-order chi connectivity index (χ0) is 14.4. The van der Waals surface area contributed by atoms with Gasteiger partial charge in [0.05, 0.1) is 10.2 Å². The van der Waals surface area contributed by atoms with Crippen LogP contribution in [0.3, 0.4) is 0 Å². The SMILES string of the molecule is Nc1nc2ccc(C(=O)N3CCN(C4CC4)CC3)cc2s1. The summed E-state index contributed by atoms with van der Waals surface area (Å²) in [5.41, 5.74) is 7.33. The van der Waals surface area contributed by atoms with Gasteiger partial charge in [0, 0.05) is 37.8 Å². The fourth-order valence-corrected chi connectivity index (χ4v) is 3.76. The van der Waals surface area contributed by atoms with Crippen LogP contribution in [0.5, 0.6) is 0 Å². The first-order valence-electron chi connectivity index (χ1n) is 7.40. The molecule has 1 saturated carbocycles. The van der Waals surface area contributed by atoms with Gasteiger partial charge in [0.15, 0.2) is 5.13 Å². The highest BCUT2D eigenvalue weighted by molar-refractivity contribution is 7.22. The molecule has 2 aromatic rings. The number of carbonyl (C=O) groups excluding carboxylic acids is 1. The lowest BCUT2D eigenvalue weighted by molar-refractivity contribution is 0.0627. The van der Waals surface area contributed by atoms with Crippen molar-refractivity contribution in [3.8, 4) is 0 Å². The van der Waals surface area contributed by atoms with Gasteiger partial charge in [-0.3, -0.25) is 9.69 Å². The Kier molecular flexibility index (Phi) is 3.08. The molecule has 0 bridgehead atoms. The number of carbonyl (C=O) groups is 1. The lowest BCUT2D eigenvalue weighted by Crippen LogP contribution is -2.49. The van der Waals surface area contributed by atoms with E-state index in [4.69, 9.17) is 5.73 Å². The third-order valence-corrected chi connectivity index (χ3v) is 5.16. The predicted octanol–water partition coefficient (Wildman–Crippen LogP) is 1.80. The lowest BCUT2D eigenvalue weighted by Gasteiger charge is -2.34. The second-order valence-corrected chi connectivity index (χ2v) is 6.86. The minimum atomic E-state index is 0.124. The largest absolute Gasteiger partial charge is 0.375 e. The number of aromatic nitrogens is 1. The van der Waals surface area contributed by atoms with Crippen molar-refractivity contribution in [1.29, 1.82) is 0 Å². The van der Waals surface area contributed by atoms with E-state index in [9.17, 15) is 4.79 Å². The molecule has 1 aromatic heterocycles. The third-order valence-electron chi connectivity index (χ3n) is 4.32. The normalized spacial score (nSPS) is 20.1. The van der Waals surface area contributed by atoms with Crippen LogP contribution in [0.2, 0.25) is 0 Å². The van der Waals surface area contributed by atoms with Crippen LogP contribution >= 0.6 is 11.3 Å². The zero-order valence-electron chi connectivity index (χ0n) is 11.8. The van der Waals surface area contributed by atoms with Gasteiger partial charge in [0.25, 0.3) is 5.91 Å². The van der Waals surface area contributed by atoms with E-state index in [1.165, 1.54) is 24.2 Å². The number of hydrogen-bond donors (Lipinski definition) is 1. The van der Waals surface area contributed by atoms with Crippen molar-refractivity contribution in [2.75, 3.05) is 31.9 Å². The number of nitrogen functional groups attached to an aromatic ring is 1. The number of amides is 1. The average molecular weight is 302 g/mol. The van der Waals surface area contributed by atoms with Gasteiger partial charge >= 0.3 is 0 Å². The average Bonchev–Trinajstić information content (AvgIpc) is 3.27. The van der Waals surface area contributed by atoms with Crippen LogP contribution < -0.4 is 5.73 Å². The maximum absolute atomic E-state index is 12.6. The van der Waals surface area contributed by atoms with Crippen molar-refractivity contribution in [3.63, 3.8) is 0 Å². The molecule has 1 aromatic carbocycles. The monoisotopic (exact) mass is 302 g/mol. The molecule has 4 rings (SSSR count). The van der Waals surface area contributed by atoms with Gasteiger partial charge in [-0.2, -0.15) is 0 Å². The van der Waals surface area contributed by atoms with Gasteiger partial charge in [-0.1, -0.05) is 11.3 Å². The molecule has 5 nitrogen and oxygen atoms in total. The predicted molar refractivity (Wildman–Crippen MR) is 84.5 cm³/mol. The smallest absolute Gasteiger partial charge is 0.253 e. The van der Waals surface area contributed by atoms with E-state index in [2.05, 4.69) is 9.88 Å². The standard InChI is InChI=1S/C15H18N4OS/c16-15-17-12-4-1-10(9-13(12)21-15)14(20)19-7-5-18(6-8-19)11-2-3-11/h1,4,9,11H,2-3,5-8H2,(H2,16,17). The van der Waals surface area contributed by atoms with Gasteiger partial charge in [0.1, 0.15) is 0 Å². The Morgan fingerprint density at radius 3 is 2.71 bits per heavy atom. The molecule has 0 radical (unpaired) electrons. The number of fused-ring (bicyclic) bond motifs is 1. The Balaban J connectivity index is 1.50. The molecular formula is C15H18N4OS. The summed E-state index contributed by atoms with van der Waals surface area (Å²) in [6.45, 7) is 3.68. The molecule has 1 aliphatic heterocycles. The highest BCUT2D eigenvalue weighted by Gasteiger charge is 2.32. The number of anilines is 1. The van der Waals surface area contributed by atoms with Gasteiger partial charge in [-0.25, -0.2) is 4.98 Å². The number of rotatable bonds is 2. The highest BCUT2D eigenvalue weighted by atomic mass is 32.1. The molecule has 1 saturated heterocycles. The molecule has 0 spiro atoms. The Morgan fingerprint density at radius 1 is 1.24 bits per heavy atom. The van der Waals surface area contributed by atoms with Crippen molar-refractivity contribution in [3.05, 3.63) is 23.8 Å². The second kappa shape index (κ2) is 4.96. The minimum absolute atomic E-state index is 0.124. The van der Waals surface area contributed by atoms with Crippen LogP contribution in [-0.4, -0.2) is 52.9 Å². The van der Waals surface area contributed by atoms with Gasteiger partial charge in [-0.05, 0) is 31.0 Å². The lowest BCUT2D eigenvalue weighted by atomic mass is 10.1. The van der Waals surface area contributed by atoms with Crippen LogP contribution in [0.4, 0.5) is 5.13 Å². The fraction of sp³-hybridized carbons (Fsp3) is 0.467. The quantitative estimate of drug-likeness (QED) is 0.919. The number of nitrogens with two attached hydrogens (primary N) is 1. The maximum Gasteiger partial charge on any atom is 0.253 e. The van der Waals surface area contributed by atoms with Gasteiger partial charge in [-0.15, -0.1) is 0 Å².